The minimum atomic E-state index is 0.0304. The lowest BCUT2D eigenvalue weighted by Gasteiger charge is -2.32. The average molecular weight is 312 g/mol. The van der Waals surface area contributed by atoms with E-state index in [2.05, 4.69) is 48.3 Å². The summed E-state index contributed by atoms with van der Waals surface area (Å²) < 4.78 is 0. The van der Waals surface area contributed by atoms with Crippen molar-refractivity contribution in [2.75, 3.05) is 13.1 Å². The molecule has 23 heavy (non-hydrogen) atoms. The number of nitrogens with zero attached hydrogens (tertiary/aromatic N) is 1. The number of carbonyl (C=O) groups is 1. The van der Waals surface area contributed by atoms with Crippen LogP contribution in [0.4, 0.5) is 0 Å². The highest BCUT2D eigenvalue weighted by atomic mass is 16.1. The van der Waals surface area contributed by atoms with Gasteiger partial charge in [-0.25, -0.2) is 0 Å². The second-order valence-corrected chi connectivity index (χ2v) is 7.20. The number of likely N-dealkylation sites (tertiary alicyclic amines) is 1. The van der Waals surface area contributed by atoms with Crippen molar-refractivity contribution < 1.29 is 4.79 Å². The number of hydrogen-bond donors (Lipinski definition) is 1. The van der Waals surface area contributed by atoms with E-state index in [4.69, 9.17) is 0 Å². The van der Waals surface area contributed by atoms with Crippen molar-refractivity contribution in [1.82, 2.24) is 10.2 Å². The predicted octanol–water partition coefficient (Wildman–Crippen LogP) is 3.57. The van der Waals surface area contributed by atoms with Crippen molar-refractivity contribution >= 4 is 12.0 Å². The van der Waals surface area contributed by atoms with E-state index in [0.717, 1.165) is 37.5 Å². The summed E-state index contributed by atoms with van der Waals surface area (Å²) in [6.07, 6.45) is 8.47. The molecule has 1 aliphatic carbocycles. The highest BCUT2D eigenvalue weighted by Crippen LogP contribution is 2.29. The maximum Gasteiger partial charge on any atom is 0.244 e. The van der Waals surface area contributed by atoms with Crippen LogP contribution in [-0.2, 0) is 4.79 Å². The third kappa shape index (κ3) is 4.68. The Kier molecular flexibility index (Phi) is 5.16. The Bertz CT molecular complexity index is 550. The Balaban J connectivity index is 1.45. The molecule has 1 N–H and O–H groups in total. The maximum absolute atomic E-state index is 12.1. The van der Waals surface area contributed by atoms with Crippen molar-refractivity contribution in [3.63, 3.8) is 0 Å². The minimum Gasteiger partial charge on any atom is -0.350 e. The normalized spacial score (nSPS) is 20.3. The van der Waals surface area contributed by atoms with Gasteiger partial charge in [0.25, 0.3) is 0 Å². The fourth-order valence-electron chi connectivity index (χ4n) is 3.26. The second-order valence-electron chi connectivity index (χ2n) is 7.20. The molecule has 0 aromatic heterocycles. The first-order valence-electron chi connectivity index (χ1n) is 8.94. The molecule has 1 heterocycles. The topological polar surface area (TPSA) is 32.3 Å². The van der Waals surface area contributed by atoms with Crippen LogP contribution < -0.4 is 5.32 Å². The van der Waals surface area contributed by atoms with E-state index in [-0.39, 0.29) is 5.91 Å². The van der Waals surface area contributed by atoms with E-state index in [1.54, 1.807) is 6.08 Å². The molecule has 2 aliphatic rings. The predicted molar refractivity (Wildman–Crippen MR) is 95.3 cm³/mol. The SMILES string of the molecule is CC(C)c1ccc(/C=C/C(=O)NC2CCN(C3CC3)CC2)cc1. The highest BCUT2D eigenvalue weighted by molar-refractivity contribution is 5.91. The summed E-state index contributed by atoms with van der Waals surface area (Å²) >= 11 is 0. The van der Waals surface area contributed by atoms with E-state index in [1.165, 1.54) is 18.4 Å². The molecule has 1 saturated carbocycles. The van der Waals surface area contributed by atoms with Gasteiger partial charge in [-0.3, -0.25) is 4.79 Å². The maximum atomic E-state index is 12.1. The van der Waals surface area contributed by atoms with Crippen molar-refractivity contribution in [1.29, 1.82) is 0 Å². The standard InChI is InChI=1S/C20H28N2O/c1-15(2)17-6-3-16(4-7-17)5-10-20(23)21-18-11-13-22(14-12-18)19-8-9-19/h3-7,10,15,18-19H,8-9,11-14H2,1-2H3,(H,21,23)/b10-5+. The Morgan fingerprint density at radius 1 is 1.13 bits per heavy atom. The summed E-state index contributed by atoms with van der Waals surface area (Å²) in [6, 6.07) is 9.61. The van der Waals surface area contributed by atoms with E-state index in [0.29, 0.717) is 12.0 Å². The number of benzene rings is 1. The monoisotopic (exact) mass is 312 g/mol. The Morgan fingerprint density at radius 2 is 1.78 bits per heavy atom. The van der Waals surface area contributed by atoms with Crippen LogP contribution in [0.5, 0.6) is 0 Å². The van der Waals surface area contributed by atoms with Gasteiger partial charge >= 0.3 is 0 Å². The van der Waals surface area contributed by atoms with Gasteiger partial charge in [0.15, 0.2) is 0 Å². The average Bonchev–Trinajstić information content (AvgIpc) is 3.39. The van der Waals surface area contributed by atoms with Gasteiger partial charge in [0.2, 0.25) is 5.91 Å². The van der Waals surface area contributed by atoms with Gasteiger partial charge in [-0.2, -0.15) is 0 Å². The zero-order valence-electron chi connectivity index (χ0n) is 14.3. The van der Waals surface area contributed by atoms with Crippen LogP contribution in [0.15, 0.2) is 30.3 Å². The summed E-state index contributed by atoms with van der Waals surface area (Å²) in [5.74, 6) is 0.570. The molecule has 3 nitrogen and oxygen atoms in total. The summed E-state index contributed by atoms with van der Waals surface area (Å²) in [5, 5.41) is 3.15. The van der Waals surface area contributed by atoms with Gasteiger partial charge in [-0.15, -0.1) is 0 Å². The molecule has 2 fully saturated rings. The fraction of sp³-hybridized carbons (Fsp3) is 0.550. The Morgan fingerprint density at radius 3 is 2.35 bits per heavy atom. The molecular formula is C20H28N2O. The highest BCUT2D eigenvalue weighted by Gasteiger charge is 2.31. The van der Waals surface area contributed by atoms with Crippen molar-refractivity contribution in [3.05, 3.63) is 41.5 Å². The zero-order valence-corrected chi connectivity index (χ0v) is 14.3. The molecule has 1 aromatic carbocycles. The lowest BCUT2D eigenvalue weighted by Crippen LogP contribution is -2.44. The first kappa shape index (κ1) is 16.3. The number of nitrogens with one attached hydrogen (secondary N) is 1. The lowest BCUT2D eigenvalue weighted by molar-refractivity contribution is -0.117. The van der Waals surface area contributed by atoms with Gasteiger partial charge in [-0.05, 0) is 48.8 Å². The molecule has 3 rings (SSSR count). The largest absolute Gasteiger partial charge is 0.350 e. The quantitative estimate of drug-likeness (QED) is 0.843. The van der Waals surface area contributed by atoms with Crippen LogP contribution in [0.1, 0.15) is 56.6 Å². The van der Waals surface area contributed by atoms with Crippen molar-refractivity contribution in [2.24, 2.45) is 0 Å². The molecule has 0 radical (unpaired) electrons. The molecule has 1 aromatic rings. The summed E-state index contributed by atoms with van der Waals surface area (Å²) in [5.41, 5.74) is 2.40. The molecular weight excluding hydrogens is 284 g/mol. The van der Waals surface area contributed by atoms with E-state index in [1.807, 2.05) is 6.08 Å². The van der Waals surface area contributed by atoms with Crippen molar-refractivity contribution in [2.45, 2.75) is 57.5 Å². The second kappa shape index (κ2) is 7.31. The summed E-state index contributed by atoms with van der Waals surface area (Å²) in [6.45, 7) is 6.64. The fourth-order valence-corrected chi connectivity index (χ4v) is 3.26. The van der Waals surface area contributed by atoms with Crippen LogP contribution >= 0.6 is 0 Å². The van der Waals surface area contributed by atoms with Crippen LogP contribution in [0.3, 0.4) is 0 Å². The van der Waals surface area contributed by atoms with Crippen LogP contribution in [-0.4, -0.2) is 36.0 Å². The van der Waals surface area contributed by atoms with E-state index >= 15 is 0 Å². The van der Waals surface area contributed by atoms with Crippen LogP contribution in [0, 0.1) is 0 Å². The van der Waals surface area contributed by atoms with Gasteiger partial charge in [0, 0.05) is 31.2 Å². The number of piperidine rings is 1. The summed E-state index contributed by atoms with van der Waals surface area (Å²) in [7, 11) is 0. The Labute approximate surface area is 139 Å². The molecule has 124 valence electrons. The van der Waals surface area contributed by atoms with Gasteiger partial charge < -0.3 is 10.2 Å². The lowest BCUT2D eigenvalue weighted by atomic mass is 10.0. The van der Waals surface area contributed by atoms with E-state index in [9.17, 15) is 4.79 Å². The first-order chi connectivity index (χ1) is 11.1. The molecule has 1 saturated heterocycles. The summed E-state index contributed by atoms with van der Waals surface area (Å²) in [4.78, 5) is 14.7. The molecule has 0 spiro atoms. The third-order valence-electron chi connectivity index (χ3n) is 4.97. The molecule has 1 amide bonds. The molecule has 1 aliphatic heterocycles. The van der Waals surface area contributed by atoms with Crippen molar-refractivity contribution in [3.8, 4) is 0 Å². The Hall–Kier alpha value is -1.61. The van der Waals surface area contributed by atoms with Crippen LogP contribution in [0.25, 0.3) is 6.08 Å². The zero-order chi connectivity index (χ0) is 16.2. The van der Waals surface area contributed by atoms with Crippen LogP contribution in [0.2, 0.25) is 0 Å². The molecule has 0 unspecified atom stereocenters. The van der Waals surface area contributed by atoms with E-state index < -0.39 is 0 Å². The molecule has 0 atom stereocenters. The molecule has 3 heteroatoms. The smallest absolute Gasteiger partial charge is 0.244 e. The third-order valence-corrected chi connectivity index (χ3v) is 4.97. The number of rotatable bonds is 5. The van der Waals surface area contributed by atoms with Gasteiger partial charge in [0.1, 0.15) is 0 Å². The number of amides is 1. The van der Waals surface area contributed by atoms with Gasteiger partial charge in [0.05, 0.1) is 0 Å². The van der Waals surface area contributed by atoms with Gasteiger partial charge in [-0.1, -0.05) is 38.1 Å². The first-order valence-corrected chi connectivity index (χ1v) is 8.94. The number of hydrogen-bond acceptors (Lipinski definition) is 2. The molecule has 0 bridgehead atoms. The number of carbonyl (C=O) groups excluding carboxylic acids is 1. The minimum absolute atomic E-state index is 0.0304.